The van der Waals surface area contributed by atoms with E-state index in [1.54, 1.807) is 0 Å². The average Bonchev–Trinajstić information content (AvgIpc) is 3.00. The van der Waals surface area contributed by atoms with Crippen molar-refractivity contribution in [3.63, 3.8) is 0 Å². The molecule has 1 aromatic rings. The molecule has 0 saturated carbocycles. The molecule has 4 nitrogen and oxygen atoms in total. The normalized spacial score (nSPS) is 29.9. The third kappa shape index (κ3) is 3.07. The van der Waals surface area contributed by atoms with Gasteiger partial charge in [-0.2, -0.15) is 0 Å². The number of carbonyl (C=O) groups is 1. The Morgan fingerprint density at radius 2 is 2.29 bits per heavy atom. The van der Waals surface area contributed by atoms with E-state index in [2.05, 4.69) is 12.2 Å². The first-order valence-corrected chi connectivity index (χ1v) is 7.82. The zero-order chi connectivity index (χ0) is 14.9. The van der Waals surface area contributed by atoms with Crippen LogP contribution in [-0.2, 0) is 16.1 Å². The summed E-state index contributed by atoms with van der Waals surface area (Å²) in [6, 6.07) is 7.69. The van der Waals surface area contributed by atoms with Gasteiger partial charge in [0.2, 0.25) is 5.91 Å². The Morgan fingerprint density at radius 1 is 1.48 bits per heavy atom. The molecule has 2 heterocycles. The highest BCUT2D eigenvalue weighted by atomic mass is 35.5. The summed E-state index contributed by atoms with van der Waals surface area (Å²) in [4.78, 5) is 14.0. The summed E-state index contributed by atoms with van der Waals surface area (Å²) in [5, 5.41) is 4.08. The van der Waals surface area contributed by atoms with E-state index in [0.29, 0.717) is 24.0 Å². The van der Waals surface area contributed by atoms with Crippen molar-refractivity contribution in [3.8, 4) is 0 Å². The van der Waals surface area contributed by atoms with Crippen LogP contribution >= 0.6 is 11.6 Å². The number of benzene rings is 1. The Hall–Kier alpha value is -1.10. The minimum Gasteiger partial charge on any atom is -0.363 e. The summed E-state index contributed by atoms with van der Waals surface area (Å²) in [6.07, 6.45) is 1.10. The lowest BCUT2D eigenvalue weighted by atomic mass is 9.86. The molecule has 3 rings (SSSR count). The first-order valence-electron chi connectivity index (χ1n) is 7.44. The molecule has 2 fully saturated rings. The standard InChI is InChI=1S/C16H21ClN2O2/c1-16(13-6-7-18-8-13)11-19(15(20)10-21-16)9-12-4-2-3-5-14(12)17/h2-5,13,18H,6-11H2,1H3. The molecule has 2 unspecified atom stereocenters. The molecule has 1 N–H and O–H groups in total. The lowest BCUT2D eigenvalue weighted by Crippen LogP contribution is -2.56. The van der Waals surface area contributed by atoms with Gasteiger partial charge in [-0.25, -0.2) is 0 Å². The van der Waals surface area contributed by atoms with Gasteiger partial charge in [-0.15, -0.1) is 0 Å². The summed E-state index contributed by atoms with van der Waals surface area (Å²) in [7, 11) is 0. The molecule has 0 aromatic heterocycles. The van der Waals surface area contributed by atoms with E-state index in [1.807, 2.05) is 29.2 Å². The molecule has 2 aliphatic heterocycles. The highest BCUT2D eigenvalue weighted by Crippen LogP contribution is 2.32. The van der Waals surface area contributed by atoms with Crippen LogP contribution in [0.4, 0.5) is 0 Å². The second-order valence-corrected chi connectivity index (χ2v) is 6.54. The predicted octanol–water partition coefficient (Wildman–Crippen LogP) is 2.07. The lowest BCUT2D eigenvalue weighted by molar-refractivity contribution is -0.169. The molecule has 2 saturated heterocycles. The smallest absolute Gasteiger partial charge is 0.248 e. The maximum Gasteiger partial charge on any atom is 0.248 e. The fourth-order valence-electron chi connectivity index (χ4n) is 3.23. The van der Waals surface area contributed by atoms with Gasteiger partial charge in [0.15, 0.2) is 0 Å². The van der Waals surface area contributed by atoms with E-state index >= 15 is 0 Å². The second-order valence-electron chi connectivity index (χ2n) is 6.13. The number of morpholine rings is 1. The predicted molar refractivity (Wildman–Crippen MR) is 82.2 cm³/mol. The monoisotopic (exact) mass is 308 g/mol. The Bertz CT molecular complexity index is 531. The van der Waals surface area contributed by atoms with Crippen LogP contribution < -0.4 is 5.32 Å². The fourth-order valence-corrected chi connectivity index (χ4v) is 3.43. The largest absolute Gasteiger partial charge is 0.363 e. The highest BCUT2D eigenvalue weighted by molar-refractivity contribution is 6.31. The quantitative estimate of drug-likeness (QED) is 0.929. The second kappa shape index (κ2) is 5.95. The van der Waals surface area contributed by atoms with Crippen LogP contribution in [0.15, 0.2) is 24.3 Å². The fraction of sp³-hybridized carbons (Fsp3) is 0.562. The van der Waals surface area contributed by atoms with Crippen LogP contribution in [0.2, 0.25) is 5.02 Å². The van der Waals surface area contributed by atoms with Gasteiger partial charge in [-0.05, 0) is 31.5 Å². The molecular weight excluding hydrogens is 288 g/mol. The third-order valence-corrected chi connectivity index (χ3v) is 4.99. The Morgan fingerprint density at radius 3 is 3.00 bits per heavy atom. The summed E-state index contributed by atoms with van der Waals surface area (Å²) in [5.41, 5.74) is 0.722. The maximum atomic E-state index is 12.2. The zero-order valence-electron chi connectivity index (χ0n) is 12.3. The molecule has 2 atom stereocenters. The number of hydrogen-bond donors (Lipinski definition) is 1. The Labute approximate surface area is 130 Å². The highest BCUT2D eigenvalue weighted by Gasteiger charge is 2.43. The van der Waals surface area contributed by atoms with Gasteiger partial charge in [0.25, 0.3) is 0 Å². The van der Waals surface area contributed by atoms with Crippen LogP contribution in [0.5, 0.6) is 0 Å². The summed E-state index contributed by atoms with van der Waals surface area (Å²) >= 11 is 6.21. The van der Waals surface area contributed by atoms with E-state index in [0.717, 1.165) is 25.1 Å². The molecule has 1 aromatic carbocycles. The number of nitrogens with one attached hydrogen (secondary N) is 1. The van der Waals surface area contributed by atoms with Gasteiger partial charge in [0, 0.05) is 24.0 Å². The summed E-state index contributed by atoms with van der Waals surface area (Å²) < 4.78 is 5.90. The van der Waals surface area contributed by atoms with Crippen LogP contribution in [0.3, 0.4) is 0 Å². The van der Waals surface area contributed by atoms with Crippen LogP contribution in [0.1, 0.15) is 18.9 Å². The van der Waals surface area contributed by atoms with Crippen molar-refractivity contribution in [1.29, 1.82) is 0 Å². The number of halogens is 1. The minimum absolute atomic E-state index is 0.0401. The molecule has 0 bridgehead atoms. The van der Waals surface area contributed by atoms with Gasteiger partial charge in [0.1, 0.15) is 6.61 Å². The van der Waals surface area contributed by atoms with Crippen molar-refractivity contribution in [2.75, 3.05) is 26.2 Å². The Kier molecular flexibility index (Phi) is 4.20. The van der Waals surface area contributed by atoms with E-state index < -0.39 is 0 Å². The third-order valence-electron chi connectivity index (χ3n) is 4.63. The van der Waals surface area contributed by atoms with Crippen molar-refractivity contribution in [3.05, 3.63) is 34.9 Å². The van der Waals surface area contributed by atoms with Crippen molar-refractivity contribution in [1.82, 2.24) is 10.2 Å². The number of carbonyl (C=O) groups excluding carboxylic acids is 1. The van der Waals surface area contributed by atoms with E-state index in [-0.39, 0.29) is 18.1 Å². The molecular formula is C16H21ClN2O2. The topological polar surface area (TPSA) is 41.6 Å². The number of nitrogens with zero attached hydrogens (tertiary/aromatic N) is 1. The van der Waals surface area contributed by atoms with Crippen LogP contribution in [0, 0.1) is 5.92 Å². The molecule has 21 heavy (non-hydrogen) atoms. The lowest BCUT2D eigenvalue weighted by Gasteiger charge is -2.43. The average molecular weight is 309 g/mol. The van der Waals surface area contributed by atoms with Crippen LogP contribution in [-0.4, -0.2) is 42.6 Å². The molecule has 114 valence electrons. The van der Waals surface area contributed by atoms with Crippen LogP contribution in [0.25, 0.3) is 0 Å². The molecule has 0 aliphatic carbocycles. The number of amides is 1. The van der Waals surface area contributed by atoms with Crippen molar-refractivity contribution >= 4 is 17.5 Å². The molecule has 2 aliphatic rings. The van der Waals surface area contributed by atoms with E-state index in [9.17, 15) is 4.79 Å². The Balaban J connectivity index is 1.74. The number of hydrogen-bond acceptors (Lipinski definition) is 3. The summed E-state index contributed by atoms with van der Waals surface area (Å²) in [5.74, 6) is 0.498. The summed E-state index contributed by atoms with van der Waals surface area (Å²) in [6.45, 7) is 5.46. The molecule has 0 radical (unpaired) electrons. The van der Waals surface area contributed by atoms with Gasteiger partial charge < -0.3 is 15.0 Å². The van der Waals surface area contributed by atoms with Crippen molar-refractivity contribution in [2.45, 2.75) is 25.5 Å². The van der Waals surface area contributed by atoms with Crippen molar-refractivity contribution in [2.24, 2.45) is 5.92 Å². The first-order chi connectivity index (χ1) is 10.1. The van der Waals surface area contributed by atoms with Gasteiger partial charge in [0.05, 0.1) is 12.1 Å². The molecule has 1 amide bonds. The van der Waals surface area contributed by atoms with Gasteiger partial charge in [-0.1, -0.05) is 29.8 Å². The zero-order valence-corrected chi connectivity index (χ0v) is 13.0. The number of ether oxygens (including phenoxy) is 1. The van der Waals surface area contributed by atoms with E-state index in [4.69, 9.17) is 16.3 Å². The SMILES string of the molecule is CC1(C2CCNC2)CN(Cc2ccccc2Cl)C(=O)CO1. The van der Waals surface area contributed by atoms with E-state index in [1.165, 1.54) is 0 Å². The molecule has 0 spiro atoms. The van der Waals surface area contributed by atoms with Gasteiger partial charge in [-0.3, -0.25) is 4.79 Å². The first kappa shape index (κ1) is 14.8. The van der Waals surface area contributed by atoms with Crippen molar-refractivity contribution < 1.29 is 9.53 Å². The number of rotatable bonds is 3. The van der Waals surface area contributed by atoms with Gasteiger partial charge >= 0.3 is 0 Å². The molecule has 5 heteroatoms. The maximum absolute atomic E-state index is 12.2. The minimum atomic E-state index is -0.265.